The van der Waals surface area contributed by atoms with Gasteiger partial charge in [-0.25, -0.2) is 4.98 Å². The molecule has 0 amide bonds. The van der Waals surface area contributed by atoms with Crippen molar-refractivity contribution >= 4 is 21.8 Å². The summed E-state index contributed by atoms with van der Waals surface area (Å²) >= 11 is 3.01. The van der Waals surface area contributed by atoms with E-state index in [1.807, 2.05) is 0 Å². The highest BCUT2D eigenvalue weighted by atomic mass is 79.9. The SMILES string of the molecule is CC(=O)n1cnc(Br)n1. The fraction of sp³-hybridized carbons (Fsp3) is 0.250. The molecule has 4 nitrogen and oxygen atoms in total. The zero-order chi connectivity index (χ0) is 6.85. The van der Waals surface area contributed by atoms with E-state index < -0.39 is 0 Å². The van der Waals surface area contributed by atoms with E-state index in [0.717, 1.165) is 4.68 Å². The first kappa shape index (κ1) is 6.41. The van der Waals surface area contributed by atoms with Crippen molar-refractivity contribution in [2.45, 2.75) is 6.92 Å². The van der Waals surface area contributed by atoms with E-state index in [1.54, 1.807) is 0 Å². The lowest BCUT2D eigenvalue weighted by molar-refractivity contribution is 0.0920. The topological polar surface area (TPSA) is 47.8 Å². The Bertz CT molecular complexity index is 231. The summed E-state index contributed by atoms with van der Waals surface area (Å²) in [5, 5.41) is 3.68. The van der Waals surface area contributed by atoms with Gasteiger partial charge in [0.25, 0.3) is 0 Å². The molecular weight excluding hydrogens is 186 g/mol. The third-order valence-corrected chi connectivity index (χ3v) is 1.15. The first-order valence-electron chi connectivity index (χ1n) is 2.28. The third-order valence-electron chi connectivity index (χ3n) is 0.787. The van der Waals surface area contributed by atoms with Crippen molar-refractivity contribution in [3.8, 4) is 0 Å². The molecule has 0 saturated heterocycles. The Morgan fingerprint density at radius 3 is 2.78 bits per heavy atom. The van der Waals surface area contributed by atoms with Gasteiger partial charge in [0.1, 0.15) is 6.33 Å². The van der Waals surface area contributed by atoms with Crippen LogP contribution in [0.3, 0.4) is 0 Å². The predicted octanol–water partition coefficient (Wildman–Crippen LogP) is 0.701. The van der Waals surface area contributed by atoms with Crippen LogP contribution in [0, 0.1) is 0 Å². The van der Waals surface area contributed by atoms with Crippen LogP contribution >= 0.6 is 15.9 Å². The van der Waals surface area contributed by atoms with Crippen molar-refractivity contribution < 1.29 is 4.79 Å². The van der Waals surface area contributed by atoms with Crippen molar-refractivity contribution in [3.05, 3.63) is 11.1 Å². The summed E-state index contributed by atoms with van der Waals surface area (Å²) in [5.41, 5.74) is 0. The predicted molar refractivity (Wildman–Crippen MR) is 34.0 cm³/mol. The Kier molecular flexibility index (Phi) is 1.61. The number of carbonyl (C=O) groups excluding carboxylic acids is 1. The van der Waals surface area contributed by atoms with Crippen LogP contribution in [-0.4, -0.2) is 20.7 Å². The second-order valence-corrected chi connectivity index (χ2v) is 2.19. The quantitative estimate of drug-likeness (QED) is 0.604. The summed E-state index contributed by atoms with van der Waals surface area (Å²) in [5.74, 6) is -0.145. The summed E-state index contributed by atoms with van der Waals surface area (Å²) in [6, 6.07) is 0. The number of carbonyl (C=O) groups is 1. The minimum absolute atomic E-state index is 0.145. The molecule has 0 saturated carbocycles. The van der Waals surface area contributed by atoms with E-state index >= 15 is 0 Å². The molecule has 0 unspecified atom stereocenters. The summed E-state index contributed by atoms with van der Waals surface area (Å²) in [7, 11) is 0. The molecule has 0 bridgehead atoms. The number of hydrogen-bond acceptors (Lipinski definition) is 3. The number of hydrogen-bond donors (Lipinski definition) is 0. The van der Waals surface area contributed by atoms with Crippen LogP contribution in [0.15, 0.2) is 11.1 Å². The molecule has 0 aliphatic heterocycles. The molecule has 0 aromatic carbocycles. The van der Waals surface area contributed by atoms with Gasteiger partial charge in [-0.15, -0.1) is 5.10 Å². The van der Waals surface area contributed by atoms with Crippen molar-refractivity contribution in [2.75, 3.05) is 0 Å². The van der Waals surface area contributed by atoms with Crippen LogP contribution in [-0.2, 0) is 0 Å². The van der Waals surface area contributed by atoms with Gasteiger partial charge in [0.15, 0.2) is 0 Å². The normalized spacial score (nSPS) is 9.56. The zero-order valence-corrected chi connectivity index (χ0v) is 6.29. The Morgan fingerprint density at radius 2 is 2.56 bits per heavy atom. The molecule has 0 atom stereocenters. The molecule has 5 heteroatoms. The average molecular weight is 190 g/mol. The highest BCUT2D eigenvalue weighted by Crippen LogP contribution is 1.97. The standard InChI is InChI=1S/C4H4BrN3O/c1-3(9)8-2-6-4(5)7-8/h2H,1H3. The maximum absolute atomic E-state index is 10.5. The van der Waals surface area contributed by atoms with Crippen molar-refractivity contribution in [1.29, 1.82) is 0 Å². The Hall–Kier alpha value is -0.710. The van der Waals surface area contributed by atoms with E-state index in [-0.39, 0.29) is 5.91 Å². The molecule has 1 heterocycles. The van der Waals surface area contributed by atoms with Gasteiger partial charge in [-0.3, -0.25) is 4.79 Å². The number of halogens is 1. The second kappa shape index (κ2) is 2.26. The van der Waals surface area contributed by atoms with Crippen molar-refractivity contribution in [3.63, 3.8) is 0 Å². The molecule has 0 aliphatic rings. The van der Waals surface area contributed by atoms with Crippen molar-refractivity contribution in [1.82, 2.24) is 14.8 Å². The lowest BCUT2D eigenvalue weighted by Gasteiger charge is -1.85. The monoisotopic (exact) mass is 189 g/mol. The van der Waals surface area contributed by atoms with Gasteiger partial charge >= 0.3 is 0 Å². The summed E-state index contributed by atoms with van der Waals surface area (Å²) in [4.78, 5) is 14.2. The van der Waals surface area contributed by atoms with E-state index in [1.165, 1.54) is 13.3 Å². The van der Waals surface area contributed by atoms with Crippen LogP contribution in [0.5, 0.6) is 0 Å². The molecule has 1 aromatic rings. The first-order valence-corrected chi connectivity index (χ1v) is 3.07. The Morgan fingerprint density at radius 1 is 1.89 bits per heavy atom. The molecule has 0 N–H and O–H groups in total. The lowest BCUT2D eigenvalue weighted by Crippen LogP contribution is -2.05. The highest BCUT2D eigenvalue weighted by molar-refractivity contribution is 9.10. The molecule has 1 rings (SSSR count). The maximum atomic E-state index is 10.5. The van der Waals surface area contributed by atoms with E-state index in [4.69, 9.17) is 0 Å². The molecule has 9 heavy (non-hydrogen) atoms. The van der Waals surface area contributed by atoms with Gasteiger partial charge in [0.2, 0.25) is 10.6 Å². The molecular formula is C4H4BrN3O. The Balaban J connectivity index is 2.98. The lowest BCUT2D eigenvalue weighted by atomic mass is 10.7. The first-order chi connectivity index (χ1) is 4.20. The second-order valence-electron chi connectivity index (χ2n) is 1.48. The molecule has 0 spiro atoms. The average Bonchev–Trinajstić information content (AvgIpc) is 2.14. The minimum atomic E-state index is -0.145. The maximum Gasteiger partial charge on any atom is 0.245 e. The molecule has 48 valence electrons. The minimum Gasteiger partial charge on any atom is -0.273 e. The van der Waals surface area contributed by atoms with Crippen molar-refractivity contribution in [2.24, 2.45) is 0 Å². The van der Waals surface area contributed by atoms with E-state index in [9.17, 15) is 4.79 Å². The van der Waals surface area contributed by atoms with Gasteiger partial charge < -0.3 is 0 Å². The van der Waals surface area contributed by atoms with Gasteiger partial charge in [-0.1, -0.05) is 0 Å². The molecule has 0 aliphatic carbocycles. The molecule has 0 fully saturated rings. The van der Waals surface area contributed by atoms with Gasteiger partial charge in [-0.2, -0.15) is 4.68 Å². The molecule has 1 aromatic heterocycles. The largest absolute Gasteiger partial charge is 0.273 e. The zero-order valence-electron chi connectivity index (χ0n) is 4.71. The van der Waals surface area contributed by atoms with Crippen LogP contribution < -0.4 is 0 Å². The number of aromatic nitrogens is 3. The fourth-order valence-corrected chi connectivity index (χ4v) is 0.657. The number of rotatable bonds is 0. The van der Waals surface area contributed by atoms with E-state index in [2.05, 4.69) is 26.0 Å². The van der Waals surface area contributed by atoms with E-state index in [0.29, 0.717) is 4.73 Å². The summed E-state index contributed by atoms with van der Waals surface area (Å²) in [6.45, 7) is 1.42. The van der Waals surface area contributed by atoms with Crippen LogP contribution in [0.4, 0.5) is 0 Å². The van der Waals surface area contributed by atoms with Crippen LogP contribution in [0.2, 0.25) is 0 Å². The van der Waals surface area contributed by atoms with Gasteiger partial charge in [-0.05, 0) is 15.9 Å². The van der Waals surface area contributed by atoms with Crippen LogP contribution in [0.1, 0.15) is 11.7 Å². The van der Waals surface area contributed by atoms with Gasteiger partial charge in [0, 0.05) is 6.92 Å². The smallest absolute Gasteiger partial charge is 0.245 e. The van der Waals surface area contributed by atoms with Crippen LogP contribution in [0.25, 0.3) is 0 Å². The Labute approximate surface area is 60.0 Å². The highest BCUT2D eigenvalue weighted by Gasteiger charge is 1.98. The summed E-state index contributed by atoms with van der Waals surface area (Å²) in [6.07, 6.45) is 1.35. The number of nitrogens with zero attached hydrogens (tertiary/aromatic N) is 3. The fourth-order valence-electron chi connectivity index (χ4n) is 0.395. The molecule has 0 radical (unpaired) electrons. The van der Waals surface area contributed by atoms with Gasteiger partial charge in [0.05, 0.1) is 0 Å². The summed E-state index contributed by atoms with van der Waals surface area (Å²) < 4.78 is 1.59. The third kappa shape index (κ3) is 1.35.